The minimum atomic E-state index is -0.405. The van der Waals surface area contributed by atoms with Gasteiger partial charge in [-0.05, 0) is 37.2 Å². The Labute approximate surface area is 133 Å². The maximum atomic E-state index is 12.6. The van der Waals surface area contributed by atoms with Gasteiger partial charge in [-0.15, -0.1) is 0 Å². The van der Waals surface area contributed by atoms with Gasteiger partial charge in [0.25, 0.3) is 0 Å². The summed E-state index contributed by atoms with van der Waals surface area (Å²) in [5.41, 5.74) is -0.247. The predicted octanol–water partition coefficient (Wildman–Crippen LogP) is 2.67. The van der Waals surface area contributed by atoms with Crippen molar-refractivity contribution in [1.29, 1.82) is 0 Å². The fourth-order valence-corrected chi connectivity index (χ4v) is 3.09. The Balaban J connectivity index is 2.53. The van der Waals surface area contributed by atoms with Gasteiger partial charge in [-0.25, -0.2) is 0 Å². The highest BCUT2D eigenvalue weighted by molar-refractivity contribution is 7.98. The molecule has 1 heterocycles. The first kappa shape index (κ1) is 18.3. The molecule has 0 aromatic heterocycles. The average molecular weight is 314 g/mol. The van der Waals surface area contributed by atoms with Crippen molar-refractivity contribution < 1.29 is 9.59 Å². The van der Waals surface area contributed by atoms with Crippen LogP contribution in [0.3, 0.4) is 0 Å². The number of nitrogens with zero attached hydrogens (tertiary/aromatic N) is 1. The number of nitrogens with one attached hydrogen (secondary N) is 1. The van der Waals surface area contributed by atoms with E-state index in [1.165, 1.54) is 18.6 Å². The molecule has 122 valence electrons. The van der Waals surface area contributed by atoms with Gasteiger partial charge in [0.1, 0.15) is 12.1 Å². The van der Waals surface area contributed by atoms with Crippen LogP contribution < -0.4 is 5.32 Å². The van der Waals surface area contributed by atoms with Crippen LogP contribution in [0.1, 0.15) is 53.4 Å². The maximum Gasteiger partial charge on any atom is 0.246 e. The number of unbranched alkanes of at least 4 members (excludes halogenated alkanes) is 3. The predicted molar refractivity (Wildman–Crippen MR) is 89.4 cm³/mol. The van der Waals surface area contributed by atoms with Crippen LogP contribution in [0.4, 0.5) is 0 Å². The van der Waals surface area contributed by atoms with Crippen LogP contribution in [-0.4, -0.2) is 47.4 Å². The van der Waals surface area contributed by atoms with E-state index < -0.39 is 6.04 Å². The van der Waals surface area contributed by atoms with Crippen molar-refractivity contribution in [2.45, 2.75) is 65.5 Å². The number of carbonyl (C=O) groups is 2. The van der Waals surface area contributed by atoms with E-state index in [9.17, 15) is 9.59 Å². The molecule has 1 N–H and O–H groups in total. The van der Waals surface area contributed by atoms with Gasteiger partial charge >= 0.3 is 0 Å². The lowest BCUT2D eigenvalue weighted by molar-refractivity contribution is -0.151. The van der Waals surface area contributed by atoms with E-state index in [1.807, 2.05) is 39.5 Å². The second kappa shape index (κ2) is 8.06. The van der Waals surface area contributed by atoms with E-state index in [0.29, 0.717) is 6.54 Å². The van der Waals surface area contributed by atoms with Crippen molar-refractivity contribution >= 4 is 23.6 Å². The summed E-state index contributed by atoms with van der Waals surface area (Å²) >= 11 is 1.87. The molecule has 1 rings (SSSR count). The molecule has 1 saturated heterocycles. The number of piperazine rings is 1. The normalized spacial score (nSPS) is 23.4. The molecule has 1 aliphatic heterocycles. The molecule has 2 atom stereocenters. The molecule has 0 aromatic carbocycles. The molecule has 2 amide bonds. The highest BCUT2D eigenvalue weighted by Gasteiger charge is 2.43. The van der Waals surface area contributed by atoms with Gasteiger partial charge in [0.15, 0.2) is 0 Å². The number of rotatable bonds is 7. The Morgan fingerprint density at radius 2 is 1.76 bits per heavy atom. The van der Waals surface area contributed by atoms with Gasteiger partial charge in [-0.2, -0.15) is 11.8 Å². The fourth-order valence-electron chi connectivity index (χ4n) is 2.60. The number of hydrogen-bond acceptors (Lipinski definition) is 3. The third-order valence-corrected chi connectivity index (χ3v) is 4.72. The Kier molecular flexibility index (Phi) is 7.04. The summed E-state index contributed by atoms with van der Waals surface area (Å²) in [4.78, 5) is 26.4. The molecule has 2 unspecified atom stereocenters. The van der Waals surface area contributed by atoms with Crippen LogP contribution in [0.25, 0.3) is 0 Å². The monoisotopic (exact) mass is 314 g/mol. The molecule has 0 spiro atoms. The van der Waals surface area contributed by atoms with Crippen molar-refractivity contribution in [2.75, 3.05) is 18.6 Å². The summed E-state index contributed by atoms with van der Waals surface area (Å²) in [6, 6.07) is -0.750. The van der Waals surface area contributed by atoms with E-state index in [2.05, 4.69) is 11.6 Å². The lowest BCUT2D eigenvalue weighted by Crippen LogP contribution is -2.65. The second-order valence-corrected chi connectivity index (χ2v) is 7.91. The molecule has 0 aromatic rings. The average Bonchev–Trinajstić information content (AvgIpc) is 2.40. The summed E-state index contributed by atoms with van der Waals surface area (Å²) in [6.45, 7) is 8.49. The largest absolute Gasteiger partial charge is 0.342 e. The van der Waals surface area contributed by atoms with Crippen molar-refractivity contribution in [3.8, 4) is 0 Å². The summed E-state index contributed by atoms with van der Waals surface area (Å²) in [5, 5.41) is 2.87. The third-order valence-electron chi connectivity index (χ3n) is 4.03. The van der Waals surface area contributed by atoms with E-state index in [1.54, 1.807) is 4.90 Å². The van der Waals surface area contributed by atoms with Crippen LogP contribution in [0.15, 0.2) is 0 Å². The Morgan fingerprint density at radius 1 is 1.14 bits per heavy atom. The topological polar surface area (TPSA) is 49.4 Å². The Hall–Kier alpha value is -0.710. The van der Waals surface area contributed by atoms with Gasteiger partial charge in [-0.3, -0.25) is 9.59 Å². The number of thioether (sulfide) groups is 1. The molecule has 1 fully saturated rings. The van der Waals surface area contributed by atoms with Gasteiger partial charge in [0, 0.05) is 6.54 Å². The molecule has 5 heteroatoms. The number of hydrogen-bond donors (Lipinski definition) is 1. The molecule has 0 bridgehead atoms. The minimum absolute atomic E-state index is 0.0306. The summed E-state index contributed by atoms with van der Waals surface area (Å²) < 4.78 is 0. The summed E-state index contributed by atoms with van der Waals surface area (Å²) in [7, 11) is 0. The molecule has 0 saturated carbocycles. The van der Waals surface area contributed by atoms with Gasteiger partial charge in [0.2, 0.25) is 11.8 Å². The van der Waals surface area contributed by atoms with Gasteiger partial charge in [0.05, 0.1) is 0 Å². The minimum Gasteiger partial charge on any atom is -0.342 e. The molecule has 1 aliphatic rings. The van der Waals surface area contributed by atoms with Crippen molar-refractivity contribution in [2.24, 2.45) is 5.41 Å². The van der Waals surface area contributed by atoms with Crippen LogP contribution in [0, 0.1) is 5.41 Å². The molecule has 0 radical (unpaired) electrons. The summed E-state index contributed by atoms with van der Waals surface area (Å²) in [6.07, 6.45) is 6.66. The third kappa shape index (κ3) is 5.20. The molecular weight excluding hydrogens is 284 g/mol. The van der Waals surface area contributed by atoms with Gasteiger partial charge in [-0.1, -0.05) is 33.6 Å². The first-order valence-electron chi connectivity index (χ1n) is 7.89. The van der Waals surface area contributed by atoms with Crippen LogP contribution >= 0.6 is 11.8 Å². The SMILES string of the molecule is CSCCCCCCN1C(=O)C(C(C)(C)C)NC(=O)C1C. The lowest BCUT2D eigenvalue weighted by atomic mass is 9.84. The Morgan fingerprint density at radius 3 is 2.33 bits per heavy atom. The lowest BCUT2D eigenvalue weighted by Gasteiger charge is -2.42. The standard InChI is InChI=1S/C16H30N2O2S/c1-12-14(19)17-13(16(2,3)4)15(20)18(12)10-8-6-7-9-11-21-5/h12-13H,6-11H2,1-5H3,(H,17,19). The molecule has 0 aliphatic carbocycles. The van der Waals surface area contributed by atoms with E-state index in [4.69, 9.17) is 0 Å². The number of amides is 2. The maximum absolute atomic E-state index is 12.6. The number of carbonyl (C=O) groups excluding carboxylic acids is 2. The zero-order valence-electron chi connectivity index (χ0n) is 14.1. The van der Waals surface area contributed by atoms with Crippen LogP contribution in [0.2, 0.25) is 0 Å². The highest BCUT2D eigenvalue weighted by Crippen LogP contribution is 2.25. The molecular formula is C16H30N2O2S. The van der Waals surface area contributed by atoms with E-state index in [-0.39, 0.29) is 23.3 Å². The summed E-state index contributed by atoms with van der Waals surface area (Å²) in [5.74, 6) is 1.24. The Bertz CT molecular complexity index is 366. The van der Waals surface area contributed by atoms with Crippen molar-refractivity contribution in [3.63, 3.8) is 0 Å². The quantitative estimate of drug-likeness (QED) is 0.735. The van der Waals surface area contributed by atoms with Crippen molar-refractivity contribution in [1.82, 2.24) is 10.2 Å². The molecule has 4 nitrogen and oxygen atoms in total. The fraction of sp³-hybridized carbons (Fsp3) is 0.875. The van der Waals surface area contributed by atoms with E-state index in [0.717, 1.165) is 12.8 Å². The molecule has 21 heavy (non-hydrogen) atoms. The van der Waals surface area contributed by atoms with Crippen LogP contribution in [0.5, 0.6) is 0 Å². The van der Waals surface area contributed by atoms with Gasteiger partial charge < -0.3 is 10.2 Å². The first-order valence-corrected chi connectivity index (χ1v) is 9.28. The second-order valence-electron chi connectivity index (χ2n) is 6.92. The van der Waals surface area contributed by atoms with Crippen molar-refractivity contribution in [3.05, 3.63) is 0 Å². The highest BCUT2D eigenvalue weighted by atomic mass is 32.2. The zero-order valence-corrected chi connectivity index (χ0v) is 14.9. The first-order chi connectivity index (χ1) is 9.79. The van der Waals surface area contributed by atoms with Crippen LogP contribution in [-0.2, 0) is 9.59 Å². The zero-order chi connectivity index (χ0) is 16.0. The smallest absolute Gasteiger partial charge is 0.246 e. The van der Waals surface area contributed by atoms with E-state index >= 15 is 0 Å².